The van der Waals surface area contributed by atoms with Gasteiger partial charge in [0.1, 0.15) is 0 Å². The van der Waals surface area contributed by atoms with Gasteiger partial charge in [-0.15, -0.1) is 0 Å². The van der Waals surface area contributed by atoms with Crippen molar-refractivity contribution in [1.82, 2.24) is 0 Å². The molecule has 1 fully saturated rings. The Morgan fingerprint density at radius 3 is 2.36 bits per heavy atom. The minimum atomic E-state index is -0.0909. The summed E-state index contributed by atoms with van der Waals surface area (Å²) in [5.74, 6) is 0.755. The van der Waals surface area contributed by atoms with Gasteiger partial charge in [0, 0.05) is 0 Å². The van der Waals surface area contributed by atoms with Gasteiger partial charge in [-0.05, 0) is 50.9 Å². The molecule has 14 heavy (non-hydrogen) atoms. The highest BCUT2D eigenvalue weighted by molar-refractivity contribution is 4.72. The smallest absolute Gasteiger partial charge is 0.0540 e. The van der Waals surface area contributed by atoms with Crippen molar-refractivity contribution in [3.05, 3.63) is 0 Å². The maximum atomic E-state index is 9.58. The summed E-state index contributed by atoms with van der Waals surface area (Å²) in [6.07, 6.45) is 8.21. The summed E-state index contributed by atoms with van der Waals surface area (Å²) in [7, 11) is 0. The number of rotatable bonds is 5. The van der Waals surface area contributed by atoms with Crippen LogP contribution < -0.4 is 0 Å². The third kappa shape index (κ3) is 4.43. The van der Waals surface area contributed by atoms with Crippen LogP contribution >= 0.6 is 0 Å². The summed E-state index contributed by atoms with van der Waals surface area (Å²) in [6, 6.07) is 0. The molecule has 0 aromatic carbocycles. The van der Waals surface area contributed by atoms with E-state index in [0.717, 1.165) is 57.3 Å². The van der Waals surface area contributed by atoms with Gasteiger partial charge in [-0.25, -0.2) is 0 Å². The van der Waals surface area contributed by atoms with Crippen LogP contribution in [-0.4, -0.2) is 22.4 Å². The predicted octanol–water partition coefficient (Wildman–Crippen LogP) is 2.48. The fraction of sp³-hybridized carbons (Fsp3) is 1.00. The third-order valence-corrected chi connectivity index (χ3v) is 3.35. The highest BCUT2D eigenvalue weighted by Gasteiger charge is 2.19. The van der Waals surface area contributed by atoms with Gasteiger partial charge in [0.2, 0.25) is 0 Å². The molecule has 2 N–H and O–H groups in total. The molecule has 1 unspecified atom stereocenters. The minimum Gasteiger partial charge on any atom is -0.393 e. The molecule has 1 rings (SSSR count). The SMILES string of the molecule is CCCC(O)CCC1CCC(O)CC1. The molecule has 1 aliphatic carbocycles. The Bertz CT molecular complexity index is 139. The molecule has 0 amide bonds. The van der Waals surface area contributed by atoms with Crippen molar-refractivity contribution < 1.29 is 10.2 Å². The fourth-order valence-electron chi connectivity index (χ4n) is 2.34. The fourth-order valence-corrected chi connectivity index (χ4v) is 2.34. The maximum Gasteiger partial charge on any atom is 0.0540 e. The summed E-state index contributed by atoms with van der Waals surface area (Å²) in [5, 5.41) is 18.9. The van der Waals surface area contributed by atoms with Crippen LogP contribution in [0.2, 0.25) is 0 Å². The highest BCUT2D eigenvalue weighted by atomic mass is 16.3. The van der Waals surface area contributed by atoms with E-state index in [4.69, 9.17) is 0 Å². The van der Waals surface area contributed by atoms with E-state index in [2.05, 4.69) is 6.92 Å². The van der Waals surface area contributed by atoms with Crippen LogP contribution in [0.3, 0.4) is 0 Å². The van der Waals surface area contributed by atoms with Crippen LogP contribution in [0.4, 0.5) is 0 Å². The van der Waals surface area contributed by atoms with E-state index in [0.29, 0.717) is 0 Å². The molecule has 84 valence electrons. The van der Waals surface area contributed by atoms with Crippen molar-refractivity contribution in [2.24, 2.45) is 5.92 Å². The number of hydrogen-bond acceptors (Lipinski definition) is 2. The van der Waals surface area contributed by atoms with Crippen molar-refractivity contribution in [3.8, 4) is 0 Å². The molecule has 2 heteroatoms. The lowest BCUT2D eigenvalue weighted by molar-refractivity contribution is 0.0950. The van der Waals surface area contributed by atoms with Crippen LogP contribution in [0.5, 0.6) is 0 Å². The standard InChI is InChI=1S/C12H24O2/c1-2-3-11(13)7-4-10-5-8-12(14)9-6-10/h10-14H,2-9H2,1H3. The van der Waals surface area contributed by atoms with Crippen LogP contribution in [0.1, 0.15) is 58.3 Å². The average Bonchev–Trinajstić information content (AvgIpc) is 2.17. The van der Waals surface area contributed by atoms with E-state index in [1.54, 1.807) is 0 Å². The Labute approximate surface area is 87.3 Å². The van der Waals surface area contributed by atoms with Gasteiger partial charge in [-0.1, -0.05) is 13.3 Å². The molecule has 1 atom stereocenters. The second-order valence-electron chi connectivity index (χ2n) is 4.69. The van der Waals surface area contributed by atoms with Gasteiger partial charge in [0.05, 0.1) is 12.2 Å². The lowest BCUT2D eigenvalue weighted by Gasteiger charge is -2.25. The van der Waals surface area contributed by atoms with E-state index in [9.17, 15) is 10.2 Å². The van der Waals surface area contributed by atoms with Gasteiger partial charge in [0.25, 0.3) is 0 Å². The van der Waals surface area contributed by atoms with E-state index < -0.39 is 0 Å². The molecule has 0 aliphatic heterocycles. The van der Waals surface area contributed by atoms with Gasteiger partial charge in [-0.2, -0.15) is 0 Å². The van der Waals surface area contributed by atoms with Gasteiger partial charge in [0.15, 0.2) is 0 Å². The van der Waals surface area contributed by atoms with Crippen molar-refractivity contribution in [2.75, 3.05) is 0 Å². The molecule has 2 nitrogen and oxygen atoms in total. The number of aliphatic hydroxyl groups excluding tert-OH is 2. The zero-order valence-electron chi connectivity index (χ0n) is 9.28. The molecule has 0 saturated heterocycles. The van der Waals surface area contributed by atoms with Crippen LogP contribution in [-0.2, 0) is 0 Å². The quantitative estimate of drug-likeness (QED) is 0.715. The Kier molecular flexibility index (Phi) is 5.49. The third-order valence-electron chi connectivity index (χ3n) is 3.35. The van der Waals surface area contributed by atoms with Crippen molar-refractivity contribution in [3.63, 3.8) is 0 Å². The zero-order chi connectivity index (χ0) is 10.4. The van der Waals surface area contributed by atoms with Crippen LogP contribution in [0, 0.1) is 5.92 Å². The molecule has 0 aromatic rings. The maximum absolute atomic E-state index is 9.58. The molecular formula is C12H24O2. The van der Waals surface area contributed by atoms with E-state index in [1.165, 1.54) is 0 Å². The van der Waals surface area contributed by atoms with E-state index in [1.807, 2.05) is 0 Å². The Morgan fingerprint density at radius 1 is 1.14 bits per heavy atom. The average molecular weight is 200 g/mol. The van der Waals surface area contributed by atoms with Gasteiger partial charge in [-0.3, -0.25) is 0 Å². The van der Waals surface area contributed by atoms with E-state index in [-0.39, 0.29) is 12.2 Å². The van der Waals surface area contributed by atoms with Crippen LogP contribution in [0.15, 0.2) is 0 Å². The number of hydrogen-bond donors (Lipinski definition) is 2. The Morgan fingerprint density at radius 2 is 1.79 bits per heavy atom. The number of aliphatic hydroxyl groups is 2. The zero-order valence-corrected chi connectivity index (χ0v) is 9.28. The largest absolute Gasteiger partial charge is 0.393 e. The summed E-state index contributed by atoms with van der Waals surface area (Å²) < 4.78 is 0. The minimum absolute atomic E-state index is 0.0492. The Hall–Kier alpha value is -0.0800. The summed E-state index contributed by atoms with van der Waals surface area (Å²) in [4.78, 5) is 0. The topological polar surface area (TPSA) is 40.5 Å². The first kappa shape index (κ1) is 12.0. The van der Waals surface area contributed by atoms with Crippen molar-refractivity contribution >= 4 is 0 Å². The normalized spacial score (nSPS) is 30.2. The van der Waals surface area contributed by atoms with Crippen molar-refractivity contribution in [2.45, 2.75) is 70.5 Å². The molecule has 0 heterocycles. The molecule has 0 bridgehead atoms. The molecule has 0 radical (unpaired) electrons. The Balaban J connectivity index is 2.06. The summed E-state index contributed by atoms with van der Waals surface area (Å²) in [6.45, 7) is 2.11. The molecule has 0 spiro atoms. The van der Waals surface area contributed by atoms with Crippen LogP contribution in [0.25, 0.3) is 0 Å². The van der Waals surface area contributed by atoms with Crippen molar-refractivity contribution in [1.29, 1.82) is 0 Å². The summed E-state index contributed by atoms with van der Waals surface area (Å²) in [5.41, 5.74) is 0. The first-order chi connectivity index (χ1) is 6.72. The highest BCUT2D eigenvalue weighted by Crippen LogP contribution is 2.28. The lowest BCUT2D eigenvalue weighted by atomic mass is 9.84. The first-order valence-electron chi connectivity index (χ1n) is 6.08. The summed E-state index contributed by atoms with van der Waals surface area (Å²) >= 11 is 0. The second-order valence-corrected chi connectivity index (χ2v) is 4.69. The lowest BCUT2D eigenvalue weighted by Crippen LogP contribution is -2.19. The molecular weight excluding hydrogens is 176 g/mol. The molecule has 1 saturated carbocycles. The monoisotopic (exact) mass is 200 g/mol. The molecule has 1 aliphatic rings. The first-order valence-corrected chi connectivity index (χ1v) is 6.08. The van der Waals surface area contributed by atoms with Gasteiger partial charge < -0.3 is 10.2 Å². The van der Waals surface area contributed by atoms with Gasteiger partial charge >= 0.3 is 0 Å². The second kappa shape index (κ2) is 6.41. The van der Waals surface area contributed by atoms with E-state index >= 15 is 0 Å². The molecule has 0 aromatic heterocycles. The predicted molar refractivity (Wildman–Crippen MR) is 58.1 cm³/mol.